The number of nitrogens with zero attached hydrogens (tertiary/aromatic N) is 1. The monoisotopic (exact) mass is 290 g/mol. The number of aliphatic carboxylic acids is 1. The highest BCUT2D eigenvalue weighted by molar-refractivity contribution is 5.82. The zero-order valence-electron chi connectivity index (χ0n) is 12.1. The lowest BCUT2D eigenvalue weighted by molar-refractivity contribution is -0.139. The van der Waals surface area contributed by atoms with E-state index in [2.05, 4.69) is 0 Å². The molecule has 1 amide bonds. The molecule has 0 aliphatic heterocycles. The average molecular weight is 290 g/mol. The van der Waals surface area contributed by atoms with Gasteiger partial charge in [-0.25, -0.2) is 0 Å². The quantitative estimate of drug-likeness (QED) is 0.758. The third-order valence-electron chi connectivity index (χ3n) is 3.74. The number of aryl methyl sites for hydroxylation is 1. The summed E-state index contributed by atoms with van der Waals surface area (Å²) in [4.78, 5) is 24.7. The van der Waals surface area contributed by atoms with Crippen LogP contribution >= 0.6 is 0 Å². The molecular weight excluding hydrogens is 268 g/mol. The van der Waals surface area contributed by atoms with E-state index in [0.29, 0.717) is 6.42 Å². The van der Waals surface area contributed by atoms with Crippen LogP contribution in [0.4, 0.5) is 0 Å². The van der Waals surface area contributed by atoms with Gasteiger partial charge in [0.1, 0.15) is 0 Å². The van der Waals surface area contributed by atoms with E-state index < -0.39 is 12.0 Å². The number of hydrogen-bond acceptors (Lipinski definition) is 3. The molecule has 0 spiro atoms. The molecule has 1 aliphatic rings. The Morgan fingerprint density at radius 3 is 2.52 bits per heavy atom. The van der Waals surface area contributed by atoms with Crippen LogP contribution < -0.4 is 5.73 Å². The number of carbonyl (C=O) groups excluding carboxylic acids is 1. The number of rotatable bonds is 8. The number of hydrogen-bond donors (Lipinski definition) is 2. The lowest BCUT2D eigenvalue weighted by Gasteiger charge is -2.25. The van der Waals surface area contributed by atoms with Gasteiger partial charge in [0, 0.05) is 12.6 Å². The maximum absolute atomic E-state index is 12.4. The Morgan fingerprint density at radius 2 is 1.95 bits per heavy atom. The summed E-state index contributed by atoms with van der Waals surface area (Å²) in [5.74, 6) is -0.999. The highest BCUT2D eigenvalue weighted by Crippen LogP contribution is 2.27. The second-order valence-corrected chi connectivity index (χ2v) is 5.54. The smallest absolute Gasteiger partial charge is 0.305 e. The Bertz CT molecular complexity index is 486. The molecule has 5 heteroatoms. The van der Waals surface area contributed by atoms with E-state index in [9.17, 15) is 9.59 Å². The standard InChI is InChI=1S/C16H22N2O3/c17-14(9-6-12-4-2-1-3-5-12)16(21)18(13-7-8-13)11-10-15(19)20/h1-5,13-14H,6-11,17H2,(H,19,20). The minimum atomic E-state index is -0.883. The number of benzene rings is 1. The fraction of sp³-hybridized carbons (Fsp3) is 0.500. The third kappa shape index (κ3) is 4.86. The Labute approximate surface area is 124 Å². The molecule has 3 N–H and O–H groups in total. The molecule has 2 rings (SSSR count). The van der Waals surface area contributed by atoms with Crippen LogP contribution in [0.5, 0.6) is 0 Å². The molecule has 1 aromatic carbocycles. The second-order valence-electron chi connectivity index (χ2n) is 5.54. The first-order valence-corrected chi connectivity index (χ1v) is 7.39. The third-order valence-corrected chi connectivity index (χ3v) is 3.74. The summed E-state index contributed by atoms with van der Waals surface area (Å²) in [7, 11) is 0. The number of carbonyl (C=O) groups is 2. The SMILES string of the molecule is NC(CCc1ccccc1)C(=O)N(CCC(=O)O)C1CC1. The van der Waals surface area contributed by atoms with Crippen LogP contribution in [0.2, 0.25) is 0 Å². The lowest BCUT2D eigenvalue weighted by Crippen LogP contribution is -2.45. The van der Waals surface area contributed by atoms with Crippen molar-refractivity contribution < 1.29 is 14.7 Å². The van der Waals surface area contributed by atoms with Gasteiger partial charge in [-0.05, 0) is 31.2 Å². The van der Waals surface area contributed by atoms with E-state index in [0.717, 1.165) is 24.8 Å². The van der Waals surface area contributed by atoms with E-state index in [1.54, 1.807) is 4.90 Å². The molecule has 0 radical (unpaired) electrons. The molecule has 1 saturated carbocycles. The summed E-state index contributed by atoms with van der Waals surface area (Å²) in [6, 6.07) is 9.55. The number of nitrogens with two attached hydrogens (primary N) is 1. The van der Waals surface area contributed by atoms with Gasteiger partial charge < -0.3 is 15.7 Å². The maximum Gasteiger partial charge on any atom is 0.305 e. The van der Waals surface area contributed by atoms with E-state index in [1.807, 2.05) is 30.3 Å². The normalized spacial score (nSPS) is 15.5. The second kappa shape index (κ2) is 7.22. The highest BCUT2D eigenvalue weighted by atomic mass is 16.4. The Kier molecular flexibility index (Phi) is 5.33. The first-order chi connectivity index (χ1) is 10.1. The van der Waals surface area contributed by atoms with E-state index in [4.69, 9.17) is 10.8 Å². The Hall–Kier alpha value is -1.88. The van der Waals surface area contributed by atoms with Crippen LogP contribution in [0.1, 0.15) is 31.2 Å². The van der Waals surface area contributed by atoms with Gasteiger partial charge in [-0.15, -0.1) is 0 Å². The van der Waals surface area contributed by atoms with Gasteiger partial charge >= 0.3 is 5.97 Å². The maximum atomic E-state index is 12.4. The zero-order chi connectivity index (χ0) is 15.2. The molecule has 1 aromatic rings. The van der Waals surface area contributed by atoms with Crippen molar-refractivity contribution in [3.05, 3.63) is 35.9 Å². The number of carboxylic acid groups (broad SMARTS) is 1. The number of carboxylic acids is 1. The van der Waals surface area contributed by atoms with Gasteiger partial charge in [-0.3, -0.25) is 9.59 Å². The van der Waals surface area contributed by atoms with Crippen LogP contribution in [0.15, 0.2) is 30.3 Å². The molecular formula is C16H22N2O3. The van der Waals surface area contributed by atoms with Crippen LogP contribution in [-0.2, 0) is 16.0 Å². The molecule has 0 bridgehead atoms. The van der Waals surface area contributed by atoms with Gasteiger partial charge in [-0.2, -0.15) is 0 Å². The Morgan fingerprint density at radius 1 is 1.29 bits per heavy atom. The molecule has 1 unspecified atom stereocenters. The zero-order valence-corrected chi connectivity index (χ0v) is 12.1. The van der Waals surface area contributed by atoms with Crippen LogP contribution in [0.3, 0.4) is 0 Å². The van der Waals surface area contributed by atoms with Crippen molar-refractivity contribution in [2.45, 2.75) is 44.2 Å². The molecule has 0 heterocycles. The highest BCUT2D eigenvalue weighted by Gasteiger charge is 2.34. The van der Waals surface area contributed by atoms with Gasteiger partial charge in [0.05, 0.1) is 12.5 Å². The predicted octanol–water partition coefficient (Wildman–Crippen LogP) is 1.41. The summed E-state index contributed by atoms with van der Waals surface area (Å²) in [6.07, 6.45) is 3.23. The van der Waals surface area contributed by atoms with Crippen molar-refractivity contribution >= 4 is 11.9 Å². The first kappa shape index (κ1) is 15.5. The minimum absolute atomic E-state index is 0.0202. The van der Waals surface area contributed by atoms with Crippen molar-refractivity contribution in [2.24, 2.45) is 5.73 Å². The summed E-state index contributed by atoms with van der Waals surface area (Å²) in [5, 5.41) is 8.77. The van der Waals surface area contributed by atoms with E-state index in [1.165, 1.54) is 0 Å². The predicted molar refractivity (Wildman–Crippen MR) is 79.7 cm³/mol. The van der Waals surface area contributed by atoms with Gasteiger partial charge in [-0.1, -0.05) is 30.3 Å². The van der Waals surface area contributed by atoms with Crippen LogP contribution in [-0.4, -0.2) is 40.5 Å². The molecule has 1 aliphatic carbocycles. The van der Waals surface area contributed by atoms with Crippen LogP contribution in [0, 0.1) is 0 Å². The summed E-state index contributed by atoms with van der Waals surface area (Å²) in [5.41, 5.74) is 7.16. The van der Waals surface area contributed by atoms with Gasteiger partial charge in [0.2, 0.25) is 5.91 Å². The topological polar surface area (TPSA) is 83.6 Å². The van der Waals surface area contributed by atoms with Crippen LogP contribution in [0.25, 0.3) is 0 Å². The van der Waals surface area contributed by atoms with Crippen molar-refractivity contribution in [1.82, 2.24) is 4.90 Å². The van der Waals surface area contributed by atoms with Crippen molar-refractivity contribution in [2.75, 3.05) is 6.54 Å². The lowest BCUT2D eigenvalue weighted by atomic mass is 10.0. The molecule has 5 nitrogen and oxygen atoms in total. The summed E-state index contributed by atoms with van der Waals surface area (Å²) in [6.45, 7) is 0.262. The molecule has 1 fully saturated rings. The fourth-order valence-electron chi connectivity index (χ4n) is 2.38. The Balaban J connectivity index is 1.85. The molecule has 0 aromatic heterocycles. The van der Waals surface area contributed by atoms with Crippen molar-refractivity contribution in [3.63, 3.8) is 0 Å². The molecule has 114 valence electrons. The minimum Gasteiger partial charge on any atom is -0.481 e. The molecule has 21 heavy (non-hydrogen) atoms. The van der Waals surface area contributed by atoms with E-state index in [-0.39, 0.29) is 24.9 Å². The fourth-order valence-corrected chi connectivity index (χ4v) is 2.38. The summed E-state index contributed by atoms with van der Waals surface area (Å²) < 4.78 is 0. The molecule has 1 atom stereocenters. The molecule has 0 saturated heterocycles. The van der Waals surface area contributed by atoms with Gasteiger partial charge in [0.15, 0.2) is 0 Å². The van der Waals surface area contributed by atoms with E-state index >= 15 is 0 Å². The van der Waals surface area contributed by atoms with Crippen molar-refractivity contribution in [3.8, 4) is 0 Å². The number of amides is 1. The average Bonchev–Trinajstić information content (AvgIpc) is 3.30. The van der Waals surface area contributed by atoms with Crippen molar-refractivity contribution in [1.29, 1.82) is 0 Å². The summed E-state index contributed by atoms with van der Waals surface area (Å²) >= 11 is 0. The first-order valence-electron chi connectivity index (χ1n) is 7.39. The largest absolute Gasteiger partial charge is 0.481 e. The van der Waals surface area contributed by atoms with Gasteiger partial charge in [0.25, 0.3) is 0 Å².